The van der Waals surface area contributed by atoms with Crippen LogP contribution in [0.5, 0.6) is 0 Å². The first-order valence-electron chi connectivity index (χ1n) is 14.0. The van der Waals surface area contributed by atoms with Gasteiger partial charge in [0.05, 0.1) is 18.8 Å². The molecule has 11 nitrogen and oxygen atoms in total. The number of hydrogen-bond acceptors (Lipinski definition) is 7. The van der Waals surface area contributed by atoms with Gasteiger partial charge in [0.15, 0.2) is 5.60 Å². The van der Waals surface area contributed by atoms with Gasteiger partial charge in [0.1, 0.15) is 5.82 Å². The van der Waals surface area contributed by atoms with E-state index in [2.05, 4.69) is 21.7 Å². The molecule has 12 heteroatoms. The van der Waals surface area contributed by atoms with E-state index in [0.29, 0.717) is 6.42 Å². The first-order chi connectivity index (χ1) is 20.2. The number of nitrogens with zero attached hydrogens (tertiary/aromatic N) is 3. The van der Waals surface area contributed by atoms with Gasteiger partial charge in [-0.05, 0) is 76.8 Å². The summed E-state index contributed by atoms with van der Waals surface area (Å²) in [4.78, 5) is 51.0. The monoisotopic (exact) mass is 603 g/mol. The predicted octanol–water partition coefficient (Wildman–Crippen LogP) is 2.39. The molecule has 2 aromatic carbocycles. The number of piperidine rings is 1. The second-order valence-corrected chi connectivity index (χ2v) is 11.1. The Morgan fingerprint density at radius 1 is 0.907 bits per heavy atom. The minimum Gasteiger partial charge on any atom is -0.481 e. The standard InChI is InChI=1S/C25H34FN3O.C6H8O7/c1-27(2)17-18-29(23-13-15-28(3)16-14-23)25(30)24(21-7-5-4-6-8-21)19-20-9-11-22(26)12-10-20;7-3(8)1-6(13,5(11)12)2-4(9)10/h4-12,23-24H,13-19H2,1-3H3;13H,1-2H2,(H,7,8)(H,9,10)(H,11,12). The Labute approximate surface area is 251 Å². The molecule has 0 aliphatic carbocycles. The lowest BCUT2D eigenvalue weighted by molar-refractivity contribution is -0.170. The summed E-state index contributed by atoms with van der Waals surface area (Å²) in [7, 11) is 6.23. The summed E-state index contributed by atoms with van der Waals surface area (Å²) in [6.07, 6.45) is 0.304. The van der Waals surface area contributed by atoms with Crippen LogP contribution >= 0.6 is 0 Å². The summed E-state index contributed by atoms with van der Waals surface area (Å²) >= 11 is 0. The number of halogens is 1. The smallest absolute Gasteiger partial charge is 0.336 e. The fourth-order valence-corrected chi connectivity index (χ4v) is 4.89. The molecule has 1 heterocycles. The highest BCUT2D eigenvalue weighted by molar-refractivity contribution is 5.88. The Hall–Kier alpha value is -3.87. The Bertz CT molecular complexity index is 1190. The number of aliphatic carboxylic acids is 3. The number of likely N-dealkylation sites (N-methyl/N-ethyl adjacent to an activating group) is 1. The highest BCUT2D eigenvalue weighted by Gasteiger charge is 2.40. The summed E-state index contributed by atoms with van der Waals surface area (Å²) in [5.41, 5.74) is -0.735. The highest BCUT2D eigenvalue weighted by Crippen LogP contribution is 2.27. The van der Waals surface area contributed by atoms with Crippen molar-refractivity contribution in [1.82, 2.24) is 14.7 Å². The van der Waals surface area contributed by atoms with Crippen molar-refractivity contribution in [2.24, 2.45) is 0 Å². The molecular formula is C31H42FN3O8. The van der Waals surface area contributed by atoms with Crippen molar-refractivity contribution in [3.05, 3.63) is 71.5 Å². The van der Waals surface area contributed by atoms with Gasteiger partial charge in [-0.2, -0.15) is 0 Å². The molecule has 43 heavy (non-hydrogen) atoms. The van der Waals surface area contributed by atoms with Gasteiger partial charge in [-0.25, -0.2) is 9.18 Å². The topological polar surface area (TPSA) is 159 Å². The van der Waals surface area contributed by atoms with Gasteiger partial charge in [-0.1, -0.05) is 42.5 Å². The lowest BCUT2D eigenvalue weighted by Crippen LogP contribution is -2.50. The molecule has 1 fully saturated rings. The van der Waals surface area contributed by atoms with Crippen LogP contribution in [0.15, 0.2) is 54.6 Å². The average molecular weight is 604 g/mol. The summed E-state index contributed by atoms with van der Waals surface area (Å²) in [6.45, 7) is 3.61. The van der Waals surface area contributed by atoms with E-state index in [1.807, 2.05) is 44.4 Å². The zero-order valence-electron chi connectivity index (χ0n) is 24.9. The number of rotatable bonds is 13. The van der Waals surface area contributed by atoms with Crippen molar-refractivity contribution in [1.29, 1.82) is 0 Å². The molecule has 0 spiro atoms. The SMILES string of the molecule is CN(C)CCN(C(=O)C(Cc1ccc(F)cc1)c1ccccc1)C1CCN(C)CC1.O=C(O)CC(O)(CC(=O)O)C(=O)O. The first kappa shape index (κ1) is 35.3. The van der Waals surface area contributed by atoms with Crippen LogP contribution in [0.1, 0.15) is 42.7 Å². The van der Waals surface area contributed by atoms with Gasteiger partial charge >= 0.3 is 17.9 Å². The molecule has 1 amide bonds. The number of likely N-dealkylation sites (tertiary alicyclic amines) is 1. The minimum absolute atomic E-state index is 0.182. The molecule has 3 rings (SSSR count). The van der Waals surface area contributed by atoms with Crippen LogP contribution < -0.4 is 0 Å². The third-order valence-corrected chi connectivity index (χ3v) is 7.34. The maximum Gasteiger partial charge on any atom is 0.336 e. The van der Waals surface area contributed by atoms with Crippen molar-refractivity contribution in [3.8, 4) is 0 Å². The van der Waals surface area contributed by atoms with Crippen molar-refractivity contribution >= 4 is 23.8 Å². The van der Waals surface area contributed by atoms with E-state index >= 15 is 0 Å². The van der Waals surface area contributed by atoms with Crippen LogP contribution in [-0.2, 0) is 25.6 Å². The third kappa shape index (κ3) is 11.7. The minimum atomic E-state index is -2.74. The van der Waals surface area contributed by atoms with E-state index in [1.165, 1.54) is 12.1 Å². The van der Waals surface area contributed by atoms with Gasteiger partial charge in [-0.3, -0.25) is 14.4 Å². The van der Waals surface area contributed by atoms with Crippen LogP contribution in [0.4, 0.5) is 4.39 Å². The van der Waals surface area contributed by atoms with Crippen LogP contribution in [0.25, 0.3) is 0 Å². The molecule has 236 valence electrons. The first-order valence-corrected chi connectivity index (χ1v) is 14.0. The van der Waals surface area contributed by atoms with Gasteiger partial charge in [0.2, 0.25) is 5.91 Å². The largest absolute Gasteiger partial charge is 0.481 e. The molecule has 1 aliphatic heterocycles. The fourth-order valence-electron chi connectivity index (χ4n) is 4.89. The van der Waals surface area contributed by atoms with Crippen molar-refractivity contribution < 1.29 is 44.0 Å². The van der Waals surface area contributed by atoms with Gasteiger partial charge in [0.25, 0.3) is 0 Å². The average Bonchev–Trinajstić information content (AvgIpc) is 2.93. The summed E-state index contributed by atoms with van der Waals surface area (Å²) in [5.74, 6) is -5.35. The highest BCUT2D eigenvalue weighted by atomic mass is 19.1. The van der Waals surface area contributed by atoms with Gasteiger partial charge < -0.3 is 35.1 Å². The van der Waals surface area contributed by atoms with Crippen LogP contribution in [-0.4, -0.2) is 118 Å². The number of aliphatic hydroxyl groups is 1. The summed E-state index contributed by atoms with van der Waals surface area (Å²) < 4.78 is 13.4. The summed E-state index contributed by atoms with van der Waals surface area (Å²) in [6, 6.07) is 16.8. The molecule has 0 radical (unpaired) electrons. The quantitative estimate of drug-likeness (QED) is 0.268. The number of amides is 1. The zero-order valence-corrected chi connectivity index (χ0v) is 24.9. The van der Waals surface area contributed by atoms with E-state index in [9.17, 15) is 23.6 Å². The predicted molar refractivity (Wildman–Crippen MR) is 157 cm³/mol. The second kappa shape index (κ2) is 16.7. The number of carbonyl (C=O) groups is 4. The lowest BCUT2D eigenvalue weighted by atomic mass is 9.89. The van der Waals surface area contributed by atoms with Crippen LogP contribution in [0.2, 0.25) is 0 Å². The molecule has 0 bridgehead atoms. The van der Waals surface area contributed by atoms with Crippen molar-refractivity contribution in [2.45, 2.75) is 49.7 Å². The van der Waals surface area contributed by atoms with Gasteiger partial charge in [-0.15, -0.1) is 0 Å². The Kier molecular flexibility index (Phi) is 13.7. The molecule has 0 saturated carbocycles. The zero-order chi connectivity index (χ0) is 32.2. The van der Waals surface area contributed by atoms with E-state index in [4.69, 9.17) is 20.4 Å². The molecule has 1 unspecified atom stereocenters. The number of benzene rings is 2. The molecule has 0 aromatic heterocycles. The fraction of sp³-hybridized carbons (Fsp3) is 0.484. The molecule has 4 N–H and O–H groups in total. The Balaban J connectivity index is 0.000000420. The van der Waals surface area contributed by atoms with E-state index < -0.39 is 36.4 Å². The van der Waals surface area contributed by atoms with Gasteiger partial charge in [0, 0.05) is 19.1 Å². The molecule has 1 saturated heterocycles. The molecule has 1 atom stereocenters. The number of carboxylic acids is 3. The van der Waals surface area contributed by atoms with Crippen LogP contribution in [0.3, 0.4) is 0 Å². The maximum absolute atomic E-state index is 13.9. The molecule has 2 aromatic rings. The van der Waals surface area contributed by atoms with E-state index in [1.54, 1.807) is 12.1 Å². The number of hydrogen-bond donors (Lipinski definition) is 4. The van der Waals surface area contributed by atoms with Crippen LogP contribution in [0, 0.1) is 5.82 Å². The van der Waals surface area contributed by atoms with E-state index in [-0.39, 0.29) is 23.7 Å². The third-order valence-electron chi connectivity index (χ3n) is 7.34. The lowest BCUT2D eigenvalue weighted by Gasteiger charge is -2.39. The summed E-state index contributed by atoms with van der Waals surface area (Å²) in [5, 5.41) is 33.8. The normalized spacial score (nSPS) is 14.8. The van der Waals surface area contributed by atoms with Crippen molar-refractivity contribution in [2.75, 3.05) is 47.3 Å². The second-order valence-electron chi connectivity index (χ2n) is 11.1. The van der Waals surface area contributed by atoms with E-state index in [0.717, 1.165) is 50.1 Å². The Morgan fingerprint density at radius 2 is 1.44 bits per heavy atom. The molecule has 1 aliphatic rings. The Morgan fingerprint density at radius 3 is 1.91 bits per heavy atom. The number of carboxylic acid groups (broad SMARTS) is 3. The van der Waals surface area contributed by atoms with Crippen molar-refractivity contribution in [3.63, 3.8) is 0 Å². The maximum atomic E-state index is 13.9. The molecular weight excluding hydrogens is 561 g/mol. The number of carbonyl (C=O) groups excluding carboxylic acids is 1.